The van der Waals surface area contributed by atoms with Crippen LogP contribution in [-0.2, 0) is 6.42 Å². The Balaban J connectivity index is 2.20. The maximum atomic E-state index is 5.97. The Kier molecular flexibility index (Phi) is 3.49. The van der Waals surface area contributed by atoms with Crippen molar-refractivity contribution in [3.63, 3.8) is 0 Å². The summed E-state index contributed by atoms with van der Waals surface area (Å²) in [5.41, 5.74) is 3.36. The van der Waals surface area contributed by atoms with Crippen molar-refractivity contribution < 1.29 is 0 Å². The van der Waals surface area contributed by atoms with E-state index in [-0.39, 0.29) is 0 Å². The standard InChI is InChI=1S/C17H17ClN2/c1-12(2)11-17-15-5-3-4-6-16(15)19-20(17)14-9-7-13(18)8-10-14/h3-10,12H,11H2,1-2H3. The summed E-state index contributed by atoms with van der Waals surface area (Å²) in [6.07, 6.45) is 1.00. The van der Waals surface area contributed by atoms with Crippen LogP contribution in [0.5, 0.6) is 0 Å². The lowest BCUT2D eigenvalue weighted by Gasteiger charge is -2.10. The SMILES string of the molecule is CC(C)Cc1c2ccccc2nn1-c1ccc(Cl)cc1. The number of benzene rings is 2. The van der Waals surface area contributed by atoms with E-state index in [0.717, 1.165) is 22.6 Å². The summed E-state index contributed by atoms with van der Waals surface area (Å²) < 4.78 is 2.04. The molecule has 0 aliphatic heterocycles. The molecule has 1 heterocycles. The normalized spacial score (nSPS) is 11.4. The van der Waals surface area contributed by atoms with Gasteiger partial charge in [0.15, 0.2) is 0 Å². The quantitative estimate of drug-likeness (QED) is 0.670. The molecular weight excluding hydrogens is 268 g/mol. The molecule has 1 aromatic heterocycles. The smallest absolute Gasteiger partial charge is 0.0930 e. The van der Waals surface area contributed by atoms with E-state index < -0.39 is 0 Å². The molecule has 0 atom stereocenters. The molecule has 0 bridgehead atoms. The minimum absolute atomic E-state index is 0.584. The van der Waals surface area contributed by atoms with Crippen molar-refractivity contribution in [2.75, 3.05) is 0 Å². The second-order valence-corrected chi connectivity index (χ2v) is 5.89. The average molecular weight is 285 g/mol. The van der Waals surface area contributed by atoms with Gasteiger partial charge in [-0.25, -0.2) is 4.68 Å². The summed E-state index contributed by atoms with van der Waals surface area (Å²) in [4.78, 5) is 0. The Labute approximate surface area is 124 Å². The molecule has 0 aliphatic carbocycles. The predicted molar refractivity (Wildman–Crippen MR) is 84.6 cm³/mol. The maximum Gasteiger partial charge on any atom is 0.0930 e. The van der Waals surface area contributed by atoms with Crippen LogP contribution < -0.4 is 0 Å². The first-order valence-corrected chi connectivity index (χ1v) is 7.25. The van der Waals surface area contributed by atoms with Crippen molar-refractivity contribution >= 4 is 22.5 Å². The molecule has 0 aliphatic rings. The molecule has 0 radical (unpaired) electrons. The number of halogens is 1. The maximum absolute atomic E-state index is 5.97. The Morgan fingerprint density at radius 1 is 1.05 bits per heavy atom. The monoisotopic (exact) mass is 284 g/mol. The van der Waals surface area contributed by atoms with Gasteiger partial charge in [-0.15, -0.1) is 0 Å². The third-order valence-corrected chi connectivity index (χ3v) is 3.60. The van der Waals surface area contributed by atoms with Gasteiger partial charge in [-0.1, -0.05) is 43.6 Å². The highest BCUT2D eigenvalue weighted by Crippen LogP contribution is 2.24. The Morgan fingerprint density at radius 2 is 1.75 bits per heavy atom. The molecule has 0 saturated heterocycles. The van der Waals surface area contributed by atoms with Gasteiger partial charge in [0.1, 0.15) is 0 Å². The lowest BCUT2D eigenvalue weighted by atomic mass is 10.0. The second-order valence-electron chi connectivity index (χ2n) is 5.45. The summed E-state index contributed by atoms with van der Waals surface area (Å²) in [5.74, 6) is 0.584. The van der Waals surface area contributed by atoms with Gasteiger partial charge < -0.3 is 0 Å². The van der Waals surface area contributed by atoms with Gasteiger partial charge in [-0.05, 0) is 42.7 Å². The highest BCUT2D eigenvalue weighted by Gasteiger charge is 2.13. The summed E-state index contributed by atoms with van der Waals surface area (Å²) in [5, 5.41) is 6.72. The number of fused-ring (bicyclic) bond motifs is 1. The first-order valence-electron chi connectivity index (χ1n) is 6.88. The number of nitrogens with zero attached hydrogens (tertiary/aromatic N) is 2. The summed E-state index contributed by atoms with van der Waals surface area (Å²) in [6, 6.07) is 16.1. The van der Waals surface area contributed by atoms with E-state index in [1.165, 1.54) is 11.1 Å². The second kappa shape index (κ2) is 5.29. The first kappa shape index (κ1) is 13.2. The molecule has 0 saturated carbocycles. The molecule has 0 fully saturated rings. The van der Waals surface area contributed by atoms with Crippen LogP contribution in [0.2, 0.25) is 5.02 Å². The number of hydrogen-bond donors (Lipinski definition) is 0. The van der Waals surface area contributed by atoms with E-state index in [2.05, 4.69) is 32.0 Å². The molecule has 20 heavy (non-hydrogen) atoms. The molecule has 3 rings (SSSR count). The first-order chi connectivity index (χ1) is 9.65. The molecule has 2 nitrogen and oxygen atoms in total. The zero-order valence-corrected chi connectivity index (χ0v) is 12.4. The molecule has 3 heteroatoms. The highest BCUT2D eigenvalue weighted by atomic mass is 35.5. The van der Waals surface area contributed by atoms with Crippen LogP contribution in [-0.4, -0.2) is 9.78 Å². The highest BCUT2D eigenvalue weighted by molar-refractivity contribution is 6.30. The van der Waals surface area contributed by atoms with Gasteiger partial charge in [0, 0.05) is 10.4 Å². The van der Waals surface area contributed by atoms with Crippen LogP contribution in [0.1, 0.15) is 19.5 Å². The fourth-order valence-electron chi connectivity index (χ4n) is 2.47. The fourth-order valence-corrected chi connectivity index (χ4v) is 2.59. The van der Waals surface area contributed by atoms with E-state index in [1.54, 1.807) is 0 Å². The van der Waals surface area contributed by atoms with Crippen molar-refractivity contribution in [2.45, 2.75) is 20.3 Å². The van der Waals surface area contributed by atoms with Crippen LogP contribution in [0.3, 0.4) is 0 Å². The lowest BCUT2D eigenvalue weighted by Crippen LogP contribution is -2.05. The zero-order valence-electron chi connectivity index (χ0n) is 11.7. The van der Waals surface area contributed by atoms with Crippen LogP contribution in [0.25, 0.3) is 16.6 Å². The molecule has 102 valence electrons. The van der Waals surface area contributed by atoms with Crippen molar-refractivity contribution in [1.29, 1.82) is 0 Å². The minimum atomic E-state index is 0.584. The fraction of sp³-hybridized carbons (Fsp3) is 0.235. The van der Waals surface area contributed by atoms with Crippen molar-refractivity contribution in [2.24, 2.45) is 5.92 Å². The number of aromatic nitrogens is 2. The topological polar surface area (TPSA) is 17.8 Å². The Bertz CT molecular complexity index is 726. The molecule has 0 amide bonds. The number of rotatable bonds is 3. The van der Waals surface area contributed by atoms with Gasteiger partial charge in [-0.2, -0.15) is 5.10 Å². The number of hydrogen-bond acceptors (Lipinski definition) is 1. The van der Waals surface area contributed by atoms with Gasteiger partial charge in [0.25, 0.3) is 0 Å². The van der Waals surface area contributed by atoms with Crippen molar-refractivity contribution in [3.8, 4) is 5.69 Å². The third kappa shape index (κ3) is 2.44. The molecule has 0 unspecified atom stereocenters. The molecule has 2 aromatic carbocycles. The Hall–Kier alpha value is -1.80. The molecular formula is C17H17ClN2. The summed E-state index contributed by atoms with van der Waals surface area (Å²) >= 11 is 5.97. The van der Waals surface area contributed by atoms with Gasteiger partial charge in [-0.3, -0.25) is 0 Å². The van der Waals surface area contributed by atoms with E-state index in [4.69, 9.17) is 16.7 Å². The van der Waals surface area contributed by atoms with Crippen LogP contribution in [0, 0.1) is 5.92 Å². The van der Waals surface area contributed by atoms with E-state index in [9.17, 15) is 0 Å². The van der Waals surface area contributed by atoms with Crippen LogP contribution in [0.15, 0.2) is 48.5 Å². The zero-order chi connectivity index (χ0) is 14.1. The summed E-state index contributed by atoms with van der Waals surface area (Å²) in [7, 11) is 0. The minimum Gasteiger partial charge on any atom is -0.237 e. The largest absolute Gasteiger partial charge is 0.237 e. The lowest BCUT2D eigenvalue weighted by molar-refractivity contribution is 0.619. The molecule has 0 N–H and O–H groups in total. The van der Waals surface area contributed by atoms with Gasteiger partial charge >= 0.3 is 0 Å². The average Bonchev–Trinajstić information content (AvgIpc) is 2.78. The van der Waals surface area contributed by atoms with E-state index >= 15 is 0 Å². The van der Waals surface area contributed by atoms with Gasteiger partial charge in [0.2, 0.25) is 0 Å². The predicted octanol–water partition coefficient (Wildman–Crippen LogP) is 4.88. The summed E-state index contributed by atoms with van der Waals surface area (Å²) in [6.45, 7) is 4.46. The third-order valence-electron chi connectivity index (χ3n) is 3.35. The van der Waals surface area contributed by atoms with E-state index in [1.807, 2.05) is 35.0 Å². The van der Waals surface area contributed by atoms with E-state index in [0.29, 0.717) is 5.92 Å². The van der Waals surface area contributed by atoms with Crippen LogP contribution in [0.4, 0.5) is 0 Å². The van der Waals surface area contributed by atoms with Crippen LogP contribution >= 0.6 is 11.6 Å². The molecule has 3 aromatic rings. The van der Waals surface area contributed by atoms with Crippen molar-refractivity contribution in [1.82, 2.24) is 9.78 Å². The molecule has 0 spiro atoms. The van der Waals surface area contributed by atoms with Gasteiger partial charge in [0.05, 0.1) is 16.9 Å². The van der Waals surface area contributed by atoms with Crippen molar-refractivity contribution in [3.05, 3.63) is 59.2 Å². The Morgan fingerprint density at radius 3 is 2.45 bits per heavy atom.